The minimum absolute atomic E-state index is 0.669. The average molecular weight is 637 g/mol. The van der Waals surface area contributed by atoms with Crippen LogP contribution in [0.4, 0.5) is 0 Å². The van der Waals surface area contributed by atoms with Gasteiger partial charge in [-0.2, -0.15) is 0 Å². The number of nitrogens with zero attached hydrogens (tertiary/aromatic N) is 4. The van der Waals surface area contributed by atoms with Crippen molar-refractivity contribution < 1.29 is 0 Å². The van der Waals surface area contributed by atoms with E-state index in [2.05, 4.69) is 167 Å². The maximum Gasteiger partial charge on any atom is 0.235 e. The Kier molecular flexibility index (Phi) is 5.63. The molecule has 0 aliphatic carbocycles. The van der Waals surface area contributed by atoms with E-state index in [9.17, 15) is 0 Å². The molecule has 8 aromatic carbocycles. The van der Waals surface area contributed by atoms with Gasteiger partial charge >= 0.3 is 0 Å². The van der Waals surface area contributed by atoms with Crippen molar-refractivity contribution in [2.24, 2.45) is 0 Å². The summed E-state index contributed by atoms with van der Waals surface area (Å²) in [5.41, 5.74) is 8.67. The zero-order chi connectivity index (χ0) is 32.8. The molecule has 50 heavy (non-hydrogen) atoms. The molecule has 0 atom stereocenters. The lowest BCUT2D eigenvalue weighted by molar-refractivity contribution is 1.01. The third kappa shape index (κ3) is 3.81. The molecule has 232 valence electrons. The predicted molar refractivity (Wildman–Crippen MR) is 209 cm³/mol. The first-order chi connectivity index (χ1) is 24.8. The largest absolute Gasteiger partial charge is 0.309 e. The molecule has 0 N–H and O–H groups in total. The summed E-state index contributed by atoms with van der Waals surface area (Å²) in [6.07, 6.45) is 0. The van der Waals surface area contributed by atoms with E-state index in [4.69, 9.17) is 9.97 Å². The van der Waals surface area contributed by atoms with Gasteiger partial charge in [0.2, 0.25) is 5.95 Å². The minimum atomic E-state index is 0.669. The predicted octanol–water partition coefficient (Wildman–Crippen LogP) is 11.8. The molecule has 0 radical (unpaired) electrons. The lowest BCUT2D eigenvalue weighted by Gasteiger charge is -2.12. The summed E-state index contributed by atoms with van der Waals surface area (Å²) in [6, 6.07) is 60.7. The van der Waals surface area contributed by atoms with Crippen molar-refractivity contribution in [1.29, 1.82) is 0 Å². The van der Waals surface area contributed by atoms with Gasteiger partial charge < -0.3 is 4.57 Å². The van der Waals surface area contributed by atoms with Crippen LogP contribution in [-0.2, 0) is 0 Å². The maximum absolute atomic E-state index is 5.27. The third-order valence-corrected chi connectivity index (χ3v) is 10.3. The second-order valence-corrected chi connectivity index (χ2v) is 13.0. The molecule has 0 aliphatic rings. The molecular weight excluding hydrogens is 609 g/mol. The van der Waals surface area contributed by atoms with Crippen LogP contribution in [0.25, 0.3) is 99.0 Å². The van der Waals surface area contributed by atoms with Gasteiger partial charge in [-0.1, -0.05) is 127 Å². The fourth-order valence-electron chi connectivity index (χ4n) is 8.14. The number of rotatable bonds is 3. The molecule has 4 heteroatoms. The van der Waals surface area contributed by atoms with E-state index in [-0.39, 0.29) is 0 Å². The molecule has 0 fully saturated rings. The number of fused-ring (bicyclic) bond motifs is 11. The Labute approximate surface area is 287 Å². The zero-order valence-corrected chi connectivity index (χ0v) is 27.0. The molecule has 4 nitrogen and oxygen atoms in total. The number of hydrogen-bond donors (Lipinski definition) is 0. The van der Waals surface area contributed by atoms with Crippen molar-refractivity contribution in [2.45, 2.75) is 0 Å². The number of aromatic nitrogens is 4. The van der Waals surface area contributed by atoms with Crippen LogP contribution >= 0.6 is 0 Å². The lowest BCUT2D eigenvalue weighted by atomic mass is 10.0. The second kappa shape index (κ2) is 10.4. The Hall–Kier alpha value is -6.78. The van der Waals surface area contributed by atoms with E-state index < -0.39 is 0 Å². The standard InChI is InChI=1S/C46H28N4/c1-2-13-30(14-3-1)45-35-16-6-9-19-38(35)47-46(48-45)50-40-21-11-8-18-37(40)44-34-25-24-32(28-31(34)23-27-42(44)50)49-39-20-10-7-17-36(39)43-33-15-5-4-12-29(33)22-26-41(43)49/h1-28H. The Morgan fingerprint density at radius 2 is 0.940 bits per heavy atom. The fourth-order valence-corrected chi connectivity index (χ4v) is 8.14. The van der Waals surface area contributed by atoms with Crippen LogP contribution in [0.1, 0.15) is 0 Å². The highest BCUT2D eigenvalue weighted by atomic mass is 15.2. The molecule has 0 saturated carbocycles. The van der Waals surface area contributed by atoms with Gasteiger partial charge in [0.05, 0.1) is 33.3 Å². The molecule has 3 heterocycles. The highest BCUT2D eigenvalue weighted by Crippen LogP contribution is 2.40. The monoisotopic (exact) mass is 636 g/mol. The van der Waals surface area contributed by atoms with Crippen LogP contribution < -0.4 is 0 Å². The highest BCUT2D eigenvalue weighted by Gasteiger charge is 2.20. The van der Waals surface area contributed by atoms with Crippen molar-refractivity contribution in [3.8, 4) is 22.9 Å². The number of benzene rings is 8. The first-order valence-electron chi connectivity index (χ1n) is 17.0. The molecule has 3 aromatic heterocycles. The first kappa shape index (κ1) is 27.2. The first-order valence-corrected chi connectivity index (χ1v) is 17.0. The second-order valence-electron chi connectivity index (χ2n) is 13.0. The van der Waals surface area contributed by atoms with Gasteiger partial charge in [-0.15, -0.1) is 0 Å². The molecular formula is C46H28N4. The molecule has 11 rings (SSSR count). The van der Waals surface area contributed by atoms with Gasteiger partial charge in [0.15, 0.2) is 0 Å². The molecule has 0 amide bonds. The van der Waals surface area contributed by atoms with Gasteiger partial charge in [0.25, 0.3) is 0 Å². The average Bonchev–Trinajstić information content (AvgIpc) is 3.71. The molecule has 0 bridgehead atoms. The Morgan fingerprint density at radius 3 is 1.72 bits per heavy atom. The topological polar surface area (TPSA) is 35.6 Å². The molecule has 0 unspecified atom stereocenters. The molecule has 0 saturated heterocycles. The van der Waals surface area contributed by atoms with Crippen LogP contribution in [0.2, 0.25) is 0 Å². The van der Waals surface area contributed by atoms with E-state index in [0.29, 0.717) is 5.95 Å². The van der Waals surface area contributed by atoms with E-state index in [1.165, 1.54) is 54.1 Å². The lowest BCUT2D eigenvalue weighted by Crippen LogP contribution is -2.03. The Bertz CT molecular complexity index is 3150. The molecule has 11 aromatic rings. The normalized spacial score (nSPS) is 12.0. The van der Waals surface area contributed by atoms with E-state index in [0.717, 1.165) is 38.9 Å². The fraction of sp³-hybridized carbons (Fsp3) is 0. The quantitative estimate of drug-likeness (QED) is 0.193. The molecule has 0 spiro atoms. The van der Waals surface area contributed by atoms with Crippen LogP contribution in [-0.4, -0.2) is 19.1 Å². The van der Waals surface area contributed by atoms with Crippen molar-refractivity contribution in [1.82, 2.24) is 19.1 Å². The smallest absolute Gasteiger partial charge is 0.235 e. The molecule has 0 aliphatic heterocycles. The van der Waals surface area contributed by atoms with E-state index in [1.807, 2.05) is 12.1 Å². The summed E-state index contributed by atoms with van der Waals surface area (Å²) in [7, 11) is 0. The minimum Gasteiger partial charge on any atom is -0.309 e. The van der Waals surface area contributed by atoms with Gasteiger partial charge in [0, 0.05) is 38.2 Å². The van der Waals surface area contributed by atoms with E-state index in [1.54, 1.807) is 0 Å². The van der Waals surface area contributed by atoms with E-state index >= 15 is 0 Å². The van der Waals surface area contributed by atoms with Crippen molar-refractivity contribution in [2.75, 3.05) is 0 Å². The summed E-state index contributed by atoms with van der Waals surface area (Å²) in [5, 5.41) is 10.9. The zero-order valence-electron chi connectivity index (χ0n) is 27.0. The maximum atomic E-state index is 5.27. The highest BCUT2D eigenvalue weighted by molar-refractivity contribution is 6.23. The summed E-state index contributed by atoms with van der Waals surface area (Å²) in [5.74, 6) is 0.669. The third-order valence-electron chi connectivity index (χ3n) is 10.3. The summed E-state index contributed by atoms with van der Waals surface area (Å²) in [4.78, 5) is 10.4. The van der Waals surface area contributed by atoms with Crippen molar-refractivity contribution >= 4 is 76.1 Å². The van der Waals surface area contributed by atoms with Crippen LogP contribution in [0.15, 0.2) is 170 Å². The number of para-hydroxylation sites is 3. The summed E-state index contributed by atoms with van der Waals surface area (Å²) < 4.78 is 4.65. The van der Waals surface area contributed by atoms with Crippen LogP contribution in [0.3, 0.4) is 0 Å². The SMILES string of the molecule is c1ccc(-c2nc(-n3c4ccccc4c4c5ccc(-n6c7ccccc7c7c8ccccc8ccc76)cc5ccc43)nc3ccccc23)cc1. The van der Waals surface area contributed by atoms with Crippen molar-refractivity contribution in [3.05, 3.63) is 170 Å². The van der Waals surface area contributed by atoms with Gasteiger partial charge in [-0.05, 0) is 64.0 Å². The van der Waals surface area contributed by atoms with Crippen LogP contribution in [0.5, 0.6) is 0 Å². The van der Waals surface area contributed by atoms with Gasteiger partial charge in [-0.3, -0.25) is 4.57 Å². The Balaban J connectivity index is 1.17. The van der Waals surface area contributed by atoms with Gasteiger partial charge in [0.1, 0.15) is 0 Å². The number of hydrogen-bond acceptors (Lipinski definition) is 2. The van der Waals surface area contributed by atoms with Crippen LogP contribution in [0, 0.1) is 0 Å². The Morgan fingerprint density at radius 1 is 0.360 bits per heavy atom. The summed E-state index contributed by atoms with van der Waals surface area (Å²) in [6.45, 7) is 0. The van der Waals surface area contributed by atoms with Crippen molar-refractivity contribution in [3.63, 3.8) is 0 Å². The summed E-state index contributed by atoms with van der Waals surface area (Å²) >= 11 is 0. The van der Waals surface area contributed by atoms with Gasteiger partial charge in [-0.25, -0.2) is 9.97 Å².